The fourth-order valence-electron chi connectivity index (χ4n) is 17.5. The number of hydrogen-bond acceptors (Lipinski definition) is 0. The first-order chi connectivity index (χ1) is 49.9. The minimum Gasteiger partial charge on any atom is -0.310 e. The van der Waals surface area contributed by atoms with Gasteiger partial charge in [-0.15, -0.1) is 0 Å². The van der Waals surface area contributed by atoms with Crippen LogP contribution in [0, 0.1) is 0 Å². The second-order valence-corrected chi connectivity index (χ2v) is 30.3. The lowest BCUT2D eigenvalue weighted by Gasteiger charge is -2.37. The summed E-state index contributed by atoms with van der Waals surface area (Å²) in [7, 11) is 0. The predicted molar refractivity (Wildman–Crippen MR) is 439 cm³/mol. The third kappa shape index (κ3) is 9.22. The van der Waals surface area contributed by atoms with Crippen molar-refractivity contribution in [3.63, 3.8) is 0 Å². The van der Waals surface area contributed by atoms with Crippen LogP contribution >= 0.6 is 0 Å². The summed E-state index contributed by atoms with van der Waals surface area (Å²) in [6.45, 7) is 13.7. The summed E-state index contributed by atoms with van der Waals surface area (Å²) in [5, 5.41) is 16.6. The van der Waals surface area contributed by atoms with E-state index in [1.807, 2.05) is 0 Å². The van der Waals surface area contributed by atoms with Crippen LogP contribution in [0.4, 0.5) is 0 Å². The van der Waals surface area contributed by atoms with Crippen LogP contribution in [0.25, 0.3) is 170 Å². The van der Waals surface area contributed by atoms with E-state index in [4.69, 9.17) is 0 Å². The Kier molecular flexibility index (Phi) is 13.3. The number of fused-ring (bicyclic) bond motifs is 21. The van der Waals surface area contributed by atoms with Crippen molar-refractivity contribution in [3.8, 4) is 61.6 Å². The molecule has 3 aromatic heterocycles. The van der Waals surface area contributed by atoms with Crippen LogP contribution in [0.3, 0.4) is 0 Å². The van der Waals surface area contributed by atoms with Gasteiger partial charge in [-0.25, -0.2) is 0 Å². The molecule has 5 heterocycles. The van der Waals surface area contributed by atoms with Crippen LogP contribution in [0.5, 0.6) is 0 Å². The van der Waals surface area contributed by atoms with Gasteiger partial charge in [0, 0.05) is 54.7 Å². The van der Waals surface area contributed by atoms with Crippen molar-refractivity contribution in [2.45, 2.75) is 52.4 Å². The molecule has 0 amide bonds. The summed E-state index contributed by atoms with van der Waals surface area (Å²) < 4.78 is 8.03. The van der Waals surface area contributed by atoms with E-state index < -0.39 is 0 Å². The second-order valence-electron chi connectivity index (χ2n) is 30.3. The highest BCUT2D eigenvalue weighted by atomic mass is 15.1. The molecule has 482 valence electrons. The molecule has 3 nitrogen and oxygen atoms in total. The van der Waals surface area contributed by atoms with E-state index in [2.05, 4.69) is 383 Å². The number of nitrogens with zero attached hydrogens (tertiary/aromatic N) is 3. The van der Waals surface area contributed by atoms with Gasteiger partial charge in [-0.2, -0.15) is 0 Å². The number of benzene rings is 15. The van der Waals surface area contributed by atoms with E-state index in [0.29, 0.717) is 0 Å². The van der Waals surface area contributed by atoms with Crippen molar-refractivity contribution < 1.29 is 0 Å². The Balaban J connectivity index is 1.10. The van der Waals surface area contributed by atoms with Crippen LogP contribution in [0.15, 0.2) is 328 Å². The first-order valence-corrected chi connectivity index (χ1v) is 36.0. The van der Waals surface area contributed by atoms with Gasteiger partial charge in [-0.05, 0) is 187 Å². The predicted octanol–water partition coefficient (Wildman–Crippen LogP) is 24.2. The Morgan fingerprint density at radius 3 is 0.902 bits per heavy atom. The Bertz CT molecular complexity index is 6360. The summed E-state index contributed by atoms with van der Waals surface area (Å²) >= 11 is 0. The van der Waals surface area contributed by atoms with Gasteiger partial charge in [0.1, 0.15) is 0 Å². The smallest absolute Gasteiger partial charge is 0.252 e. The molecule has 4 heteroatoms. The van der Waals surface area contributed by atoms with Crippen molar-refractivity contribution >= 4 is 132 Å². The highest BCUT2D eigenvalue weighted by Crippen LogP contribution is 2.45. The monoisotopic (exact) mass is 1300 g/mol. The molecular weight excluding hydrogens is 1230 g/mol. The molecule has 0 bridgehead atoms. The van der Waals surface area contributed by atoms with E-state index >= 15 is 0 Å². The molecule has 0 saturated carbocycles. The maximum atomic E-state index is 2.73. The molecule has 0 unspecified atom stereocenters. The van der Waals surface area contributed by atoms with Gasteiger partial charge in [0.15, 0.2) is 0 Å². The SMILES string of the molecule is CC(C)(C)c1cccc(-c2cc3c4c(c2)c2ccccc2c2ccccc2c2cc(-c5ccccc5)ccc2n4-c2cc(-n4c5ccccc5c5ccccc54)cc4c2B3c2cc(-c3cccc(C(C)(C)C)c3)cc3c5ccccc5c5ccccc5c5cc(-c6ccccc6)ccc5n-4c23)c1. The minimum absolute atomic E-state index is 0.0934. The molecule has 102 heavy (non-hydrogen) atoms. The summed E-state index contributed by atoms with van der Waals surface area (Å²) in [5.41, 5.74) is 25.8. The molecule has 0 atom stereocenters. The van der Waals surface area contributed by atoms with Crippen LogP contribution in [-0.2, 0) is 10.8 Å². The lowest BCUT2D eigenvalue weighted by molar-refractivity contribution is 0.590. The molecule has 0 spiro atoms. The lowest BCUT2D eigenvalue weighted by Crippen LogP contribution is -2.60. The molecule has 0 N–H and O–H groups in total. The van der Waals surface area contributed by atoms with Gasteiger partial charge >= 0.3 is 0 Å². The minimum atomic E-state index is -0.321. The first kappa shape index (κ1) is 59.8. The third-order valence-corrected chi connectivity index (χ3v) is 22.3. The largest absolute Gasteiger partial charge is 0.310 e. The van der Waals surface area contributed by atoms with Gasteiger partial charge in [0.2, 0.25) is 0 Å². The van der Waals surface area contributed by atoms with Crippen molar-refractivity contribution in [2.75, 3.05) is 0 Å². The van der Waals surface area contributed by atoms with Gasteiger partial charge in [-0.3, -0.25) is 0 Å². The maximum absolute atomic E-state index is 2.73. The zero-order chi connectivity index (χ0) is 68.3. The van der Waals surface area contributed by atoms with Crippen LogP contribution in [0.2, 0.25) is 0 Å². The quantitative estimate of drug-likeness (QED) is 0.153. The number of rotatable bonds is 5. The zero-order valence-corrected chi connectivity index (χ0v) is 58.1. The Hall–Kier alpha value is -12.2. The summed E-state index contributed by atoms with van der Waals surface area (Å²) in [4.78, 5) is 0. The fourth-order valence-corrected chi connectivity index (χ4v) is 17.5. The fraction of sp³-hybridized carbons (Fsp3) is 0.0816. The second kappa shape index (κ2) is 22.6. The first-order valence-electron chi connectivity index (χ1n) is 36.0. The van der Waals surface area contributed by atoms with Crippen LogP contribution in [-0.4, -0.2) is 20.4 Å². The van der Waals surface area contributed by atoms with Crippen molar-refractivity contribution in [2.24, 2.45) is 0 Å². The summed E-state index contributed by atoms with van der Waals surface area (Å²) in [6.07, 6.45) is 0. The van der Waals surface area contributed by atoms with E-state index in [1.165, 1.54) is 137 Å². The maximum Gasteiger partial charge on any atom is 0.252 e. The molecule has 18 aromatic rings. The molecule has 2 aliphatic rings. The van der Waals surface area contributed by atoms with E-state index in [-0.39, 0.29) is 17.5 Å². The third-order valence-electron chi connectivity index (χ3n) is 22.3. The Morgan fingerprint density at radius 1 is 0.216 bits per heavy atom. The summed E-state index contributed by atoms with van der Waals surface area (Å²) in [5.74, 6) is 0. The Morgan fingerprint density at radius 2 is 0.520 bits per heavy atom. The number of hydrogen-bond donors (Lipinski definition) is 0. The van der Waals surface area contributed by atoms with Crippen molar-refractivity contribution in [3.05, 3.63) is 339 Å². The molecule has 15 aromatic carbocycles. The molecule has 0 saturated heterocycles. The highest BCUT2D eigenvalue weighted by Gasteiger charge is 2.41. The topological polar surface area (TPSA) is 14.8 Å². The zero-order valence-electron chi connectivity index (χ0n) is 58.1. The summed E-state index contributed by atoms with van der Waals surface area (Å²) in [6, 6.07) is 126. The average Bonchev–Trinajstić information content (AvgIpc) is 1.08. The van der Waals surface area contributed by atoms with Gasteiger partial charge < -0.3 is 13.7 Å². The highest BCUT2D eigenvalue weighted by molar-refractivity contribution is 7.00. The van der Waals surface area contributed by atoms with Crippen molar-refractivity contribution in [1.29, 1.82) is 0 Å². The van der Waals surface area contributed by atoms with Crippen molar-refractivity contribution in [1.82, 2.24) is 13.7 Å². The molecule has 20 rings (SSSR count). The van der Waals surface area contributed by atoms with E-state index in [1.54, 1.807) is 0 Å². The van der Waals surface area contributed by atoms with Gasteiger partial charge in [-0.1, -0.05) is 308 Å². The number of para-hydroxylation sites is 2. The molecule has 0 fully saturated rings. The van der Waals surface area contributed by atoms with Gasteiger partial charge in [0.25, 0.3) is 6.71 Å². The molecule has 0 radical (unpaired) electrons. The van der Waals surface area contributed by atoms with E-state index in [0.717, 1.165) is 61.0 Å². The van der Waals surface area contributed by atoms with Crippen LogP contribution in [0.1, 0.15) is 52.7 Å². The lowest BCUT2D eigenvalue weighted by atomic mass is 9.34. The van der Waals surface area contributed by atoms with E-state index in [9.17, 15) is 0 Å². The van der Waals surface area contributed by atoms with Crippen LogP contribution < -0.4 is 16.4 Å². The molecular formula is C98H72BN3. The standard InChI is InChI=1S/C98H72BN3/c1-97(2,3)69-33-25-31-63(51-69)67-55-84-78-41-19-15-37-74(78)72-35-13-17-39-76(72)82-53-65(61-27-9-7-10-28-61)47-49-90(82)101-92-59-71(100-88-45-23-21-43-80(88)81-44-22-24-46-89(81)100)60-93-94(92)99(86(57-67)95(84)101)87-58-68(64-32-26-34-70(52-64)98(4,5)6)56-85-79-42-20-16-38-75(79)73-36-14-18-40-77(73)83-54-66(62-29-11-8-12-30-62)48-50-91(83)102(93)96(85)87/h7-60H,1-6H3. The number of aromatic nitrogens is 3. The average molecular weight is 1300 g/mol. The Labute approximate surface area is 594 Å². The molecule has 0 aliphatic carbocycles. The normalized spacial score (nSPS) is 12.6. The van der Waals surface area contributed by atoms with Gasteiger partial charge in [0.05, 0.1) is 27.8 Å². The molecule has 2 aliphatic heterocycles.